The van der Waals surface area contributed by atoms with Gasteiger partial charge in [-0.15, -0.1) is 36.2 Å². The van der Waals surface area contributed by atoms with Crippen LogP contribution < -0.4 is 5.73 Å². The first-order valence-corrected chi connectivity index (χ1v) is 8.24. The fourth-order valence-corrected chi connectivity index (χ4v) is 3.75. The van der Waals surface area contributed by atoms with Crippen molar-refractivity contribution in [3.63, 3.8) is 0 Å². The molecule has 122 valence electrons. The summed E-state index contributed by atoms with van der Waals surface area (Å²) in [6, 6.07) is 4.25. The van der Waals surface area contributed by atoms with E-state index in [-0.39, 0.29) is 30.7 Å². The average Bonchev–Trinajstić information content (AvgIpc) is 2.82. The number of thiophene rings is 1. The van der Waals surface area contributed by atoms with Gasteiger partial charge in [0.1, 0.15) is 0 Å². The molecule has 0 aliphatic carbocycles. The number of carbonyl (C=O) groups excluding carboxylic acids is 1. The number of nitrogens with zero attached hydrogens (tertiary/aromatic N) is 2. The lowest BCUT2D eigenvalue weighted by atomic mass is 10.2. The number of carbonyl (C=O) groups is 1. The Balaban J connectivity index is 0.00000200. The monoisotopic (exact) mass is 417 g/mol. The molecule has 1 aliphatic rings. The molecule has 2 N–H and O–H groups in total. The highest BCUT2D eigenvalue weighted by Gasteiger charge is 2.20. The van der Waals surface area contributed by atoms with Gasteiger partial charge < -0.3 is 10.6 Å². The van der Waals surface area contributed by atoms with Crippen LogP contribution in [0.5, 0.6) is 0 Å². The highest BCUT2D eigenvalue weighted by atomic mass is 79.9. The second-order valence-corrected chi connectivity index (χ2v) is 7.30. The Labute approximate surface area is 151 Å². The molecule has 1 saturated heterocycles. The molecule has 0 radical (unpaired) electrons. The van der Waals surface area contributed by atoms with E-state index < -0.39 is 0 Å². The van der Waals surface area contributed by atoms with E-state index in [1.54, 1.807) is 11.3 Å². The largest absolute Gasteiger partial charge is 0.340 e. The summed E-state index contributed by atoms with van der Waals surface area (Å²) in [5.74, 6) is 0.254. The molecule has 2 rings (SSSR count). The van der Waals surface area contributed by atoms with E-state index in [9.17, 15) is 4.79 Å². The zero-order chi connectivity index (χ0) is 13.7. The molecule has 1 aromatic heterocycles. The minimum atomic E-state index is 0. The summed E-state index contributed by atoms with van der Waals surface area (Å²) in [4.78, 5) is 17.6. The van der Waals surface area contributed by atoms with Crippen LogP contribution in [-0.2, 0) is 11.3 Å². The van der Waals surface area contributed by atoms with Gasteiger partial charge >= 0.3 is 0 Å². The first-order chi connectivity index (χ1) is 9.19. The minimum absolute atomic E-state index is 0. The fourth-order valence-electron chi connectivity index (χ4n) is 2.22. The molecule has 21 heavy (non-hydrogen) atoms. The molecule has 8 heteroatoms. The molecular formula is C13H22BrCl2N3OS. The Hall–Kier alpha value is 0.150. The van der Waals surface area contributed by atoms with Gasteiger partial charge in [-0.2, -0.15) is 0 Å². The second-order valence-electron chi connectivity index (χ2n) is 4.75. The molecule has 0 spiro atoms. The number of amides is 1. The Morgan fingerprint density at radius 2 is 1.90 bits per heavy atom. The number of rotatable bonds is 5. The van der Waals surface area contributed by atoms with Crippen molar-refractivity contribution >= 4 is 58.0 Å². The van der Waals surface area contributed by atoms with Gasteiger partial charge in [0.05, 0.1) is 3.79 Å². The van der Waals surface area contributed by atoms with E-state index in [2.05, 4.69) is 33.0 Å². The summed E-state index contributed by atoms with van der Waals surface area (Å²) >= 11 is 5.27. The SMILES string of the molecule is Cl.Cl.NCCCC(=O)N1CCN(Cc2ccc(Br)s2)CC1. The first kappa shape index (κ1) is 21.1. The fraction of sp³-hybridized carbons (Fsp3) is 0.615. The van der Waals surface area contributed by atoms with E-state index in [0.717, 1.165) is 39.1 Å². The summed E-state index contributed by atoms with van der Waals surface area (Å²) < 4.78 is 1.18. The molecular weight excluding hydrogens is 397 g/mol. The van der Waals surface area contributed by atoms with Gasteiger partial charge in [0.25, 0.3) is 0 Å². The van der Waals surface area contributed by atoms with Gasteiger partial charge in [-0.3, -0.25) is 9.69 Å². The number of hydrogen-bond donors (Lipinski definition) is 1. The van der Waals surface area contributed by atoms with Crippen LogP contribution in [0.3, 0.4) is 0 Å². The van der Waals surface area contributed by atoms with Crippen LogP contribution in [0.2, 0.25) is 0 Å². The van der Waals surface area contributed by atoms with Crippen molar-refractivity contribution < 1.29 is 4.79 Å². The zero-order valence-corrected chi connectivity index (χ0v) is 15.8. The molecule has 0 bridgehead atoms. The summed E-state index contributed by atoms with van der Waals surface area (Å²) in [6.07, 6.45) is 1.39. The first-order valence-electron chi connectivity index (χ1n) is 6.63. The lowest BCUT2D eigenvalue weighted by Gasteiger charge is -2.34. The molecule has 1 amide bonds. The molecule has 2 heterocycles. The normalized spacial score (nSPS) is 15.2. The smallest absolute Gasteiger partial charge is 0.222 e. The second kappa shape index (κ2) is 10.8. The van der Waals surface area contributed by atoms with Crippen molar-refractivity contribution in [2.75, 3.05) is 32.7 Å². The third kappa shape index (κ3) is 6.84. The van der Waals surface area contributed by atoms with E-state index in [1.807, 2.05) is 4.90 Å². The molecule has 1 fully saturated rings. The maximum atomic E-state index is 11.9. The number of halogens is 3. The molecule has 0 unspecified atom stereocenters. The predicted molar refractivity (Wildman–Crippen MR) is 96.7 cm³/mol. The van der Waals surface area contributed by atoms with Gasteiger partial charge in [-0.1, -0.05) is 0 Å². The zero-order valence-electron chi connectivity index (χ0n) is 11.8. The number of piperazine rings is 1. The van der Waals surface area contributed by atoms with E-state index in [1.165, 1.54) is 8.66 Å². The topological polar surface area (TPSA) is 49.6 Å². The molecule has 0 aromatic carbocycles. The van der Waals surface area contributed by atoms with Gasteiger partial charge in [0.2, 0.25) is 5.91 Å². The summed E-state index contributed by atoms with van der Waals surface area (Å²) in [6.45, 7) is 5.19. The molecule has 4 nitrogen and oxygen atoms in total. The van der Waals surface area contributed by atoms with Crippen LogP contribution in [0.4, 0.5) is 0 Å². The summed E-state index contributed by atoms with van der Waals surface area (Å²) in [5.41, 5.74) is 5.43. The van der Waals surface area contributed by atoms with Gasteiger partial charge in [-0.05, 0) is 41.0 Å². The van der Waals surface area contributed by atoms with Crippen molar-refractivity contribution in [2.45, 2.75) is 19.4 Å². The van der Waals surface area contributed by atoms with Crippen LogP contribution in [0.15, 0.2) is 15.9 Å². The van der Waals surface area contributed by atoms with Crippen LogP contribution in [0.1, 0.15) is 17.7 Å². The van der Waals surface area contributed by atoms with E-state index in [4.69, 9.17) is 5.73 Å². The number of nitrogens with two attached hydrogens (primary N) is 1. The third-order valence-electron chi connectivity index (χ3n) is 3.33. The van der Waals surface area contributed by atoms with Crippen LogP contribution in [-0.4, -0.2) is 48.4 Å². The van der Waals surface area contributed by atoms with Gasteiger partial charge in [-0.25, -0.2) is 0 Å². The lowest BCUT2D eigenvalue weighted by Crippen LogP contribution is -2.48. The summed E-state index contributed by atoms with van der Waals surface area (Å²) in [5, 5.41) is 0. The summed E-state index contributed by atoms with van der Waals surface area (Å²) in [7, 11) is 0. The quantitative estimate of drug-likeness (QED) is 0.799. The molecule has 0 atom stereocenters. The van der Waals surface area contributed by atoms with Crippen LogP contribution >= 0.6 is 52.1 Å². The van der Waals surface area contributed by atoms with Crippen LogP contribution in [0, 0.1) is 0 Å². The predicted octanol–water partition coefficient (Wildman–Crippen LogP) is 2.74. The maximum absolute atomic E-state index is 11.9. The van der Waals surface area contributed by atoms with Crippen molar-refractivity contribution in [1.29, 1.82) is 0 Å². The van der Waals surface area contributed by atoms with Crippen molar-refractivity contribution in [2.24, 2.45) is 5.73 Å². The van der Waals surface area contributed by atoms with E-state index in [0.29, 0.717) is 13.0 Å². The Kier molecular flexibility index (Phi) is 10.9. The Bertz CT molecular complexity index is 425. The maximum Gasteiger partial charge on any atom is 0.222 e. The van der Waals surface area contributed by atoms with Crippen molar-refractivity contribution in [3.05, 3.63) is 20.8 Å². The highest BCUT2D eigenvalue weighted by Crippen LogP contribution is 2.23. The van der Waals surface area contributed by atoms with E-state index >= 15 is 0 Å². The standard InChI is InChI=1S/C13H20BrN3OS.2ClH/c14-12-4-3-11(19-12)10-16-6-8-17(9-7-16)13(18)2-1-5-15;;/h3-4H,1-2,5-10,15H2;2*1H. The highest BCUT2D eigenvalue weighted by molar-refractivity contribution is 9.11. The third-order valence-corrected chi connectivity index (χ3v) is 4.94. The average molecular weight is 419 g/mol. The molecule has 1 aromatic rings. The van der Waals surface area contributed by atoms with Crippen LogP contribution in [0.25, 0.3) is 0 Å². The Morgan fingerprint density at radius 1 is 1.24 bits per heavy atom. The van der Waals surface area contributed by atoms with Gasteiger partial charge in [0, 0.05) is 44.0 Å². The number of hydrogen-bond acceptors (Lipinski definition) is 4. The molecule has 1 aliphatic heterocycles. The van der Waals surface area contributed by atoms with Crippen molar-refractivity contribution in [1.82, 2.24) is 9.80 Å². The minimum Gasteiger partial charge on any atom is -0.340 e. The molecule has 0 saturated carbocycles. The Morgan fingerprint density at radius 3 is 2.43 bits per heavy atom. The van der Waals surface area contributed by atoms with Crippen molar-refractivity contribution in [3.8, 4) is 0 Å². The lowest BCUT2D eigenvalue weighted by molar-refractivity contribution is -0.133. The van der Waals surface area contributed by atoms with Gasteiger partial charge in [0.15, 0.2) is 0 Å².